The van der Waals surface area contributed by atoms with Crippen LogP contribution >= 0.6 is 0 Å². The molecule has 16 heteroatoms. The molecule has 4 aromatic rings. The summed E-state index contributed by atoms with van der Waals surface area (Å²) in [6.07, 6.45) is 4.96. The maximum atomic E-state index is 13.3. The number of sulfonamides is 1. The number of aromatic nitrogens is 2. The largest absolute Gasteiger partial charge is 0.470 e. The third kappa shape index (κ3) is 8.37. The van der Waals surface area contributed by atoms with Gasteiger partial charge in [0.05, 0.1) is 17.4 Å². The molecule has 2 aliphatic carbocycles. The molecule has 7 rings (SSSR count). The number of primary amides is 1. The van der Waals surface area contributed by atoms with E-state index in [1.54, 1.807) is 24.3 Å². The van der Waals surface area contributed by atoms with Crippen molar-refractivity contribution < 1.29 is 45.1 Å². The zero-order valence-corrected chi connectivity index (χ0v) is 30.1. The number of nitrogens with two attached hydrogens (primary N) is 1. The minimum atomic E-state index is -4.51. The Bertz CT molecular complexity index is 2200. The van der Waals surface area contributed by atoms with E-state index in [1.807, 2.05) is 12.2 Å². The lowest BCUT2D eigenvalue weighted by atomic mass is 10.1. The van der Waals surface area contributed by atoms with E-state index < -0.39 is 51.0 Å². The lowest BCUT2D eigenvalue weighted by Crippen LogP contribution is -2.43. The smallest absolute Gasteiger partial charge is 0.416 e. The van der Waals surface area contributed by atoms with E-state index in [2.05, 4.69) is 14.7 Å². The molecule has 2 saturated carbocycles. The SMILES string of the molecule is NC(=O)[C@@H]1C[C@@H](Oc2nc(-c3ccc(C(F)(F)F)cc3)nc3c2oc2ccccc23)CN1C(=O)CCCCCCC=C[C@@H]1C[C@@H]1C(=O)NS(=O)(=O)C1CC1. The van der Waals surface area contributed by atoms with Crippen LogP contribution in [-0.4, -0.2) is 64.9 Å². The summed E-state index contributed by atoms with van der Waals surface area (Å²) in [7, 11) is -3.53. The van der Waals surface area contributed by atoms with Crippen LogP contribution in [0.5, 0.6) is 5.88 Å². The highest BCUT2D eigenvalue weighted by atomic mass is 32.2. The highest BCUT2D eigenvalue weighted by Crippen LogP contribution is 2.41. The van der Waals surface area contributed by atoms with Gasteiger partial charge in [0.15, 0.2) is 5.82 Å². The first kappa shape index (κ1) is 37.3. The second kappa shape index (κ2) is 15.0. The number of halogens is 3. The molecule has 286 valence electrons. The number of hydrogen-bond donors (Lipinski definition) is 2. The van der Waals surface area contributed by atoms with Gasteiger partial charge in [0.1, 0.15) is 23.2 Å². The van der Waals surface area contributed by atoms with Crippen LogP contribution in [0.4, 0.5) is 13.2 Å². The van der Waals surface area contributed by atoms with Crippen LogP contribution in [0, 0.1) is 11.8 Å². The Morgan fingerprint density at radius 1 is 1.00 bits per heavy atom. The normalized spacial score (nSPS) is 21.6. The van der Waals surface area contributed by atoms with Gasteiger partial charge < -0.3 is 19.8 Å². The number of carbonyl (C=O) groups is 3. The number of benzene rings is 2. The summed E-state index contributed by atoms with van der Waals surface area (Å²) >= 11 is 0. The van der Waals surface area contributed by atoms with Crippen LogP contribution in [0.3, 0.4) is 0 Å². The number of ether oxygens (including phenoxy) is 1. The summed E-state index contributed by atoms with van der Waals surface area (Å²) in [6.45, 7) is 0.0747. The van der Waals surface area contributed by atoms with Gasteiger partial charge in [0.2, 0.25) is 33.3 Å². The van der Waals surface area contributed by atoms with Gasteiger partial charge in [0.25, 0.3) is 5.88 Å². The number of nitrogens with zero attached hydrogens (tertiary/aromatic N) is 3. The average molecular weight is 768 g/mol. The number of allylic oxidation sites excluding steroid dienone is 2. The quantitative estimate of drug-likeness (QED) is 0.108. The Balaban J connectivity index is 0.926. The molecule has 0 spiro atoms. The second-order valence-electron chi connectivity index (χ2n) is 14.2. The topological polar surface area (TPSA) is 175 Å². The van der Waals surface area contributed by atoms with Crippen LogP contribution in [0.15, 0.2) is 65.1 Å². The van der Waals surface area contributed by atoms with Crippen LogP contribution in [0.1, 0.15) is 69.8 Å². The van der Waals surface area contributed by atoms with Gasteiger partial charge >= 0.3 is 6.18 Å². The summed E-state index contributed by atoms with van der Waals surface area (Å²) in [4.78, 5) is 48.6. The molecule has 3 heterocycles. The molecule has 3 fully saturated rings. The number of para-hydroxylation sites is 1. The zero-order valence-electron chi connectivity index (χ0n) is 29.3. The first-order chi connectivity index (χ1) is 25.8. The molecule has 0 radical (unpaired) electrons. The number of unbranched alkanes of at least 4 members (excludes halogenated alkanes) is 4. The Hall–Kier alpha value is -4.99. The molecule has 2 aromatic heterocycles. The lowest BCUT2D eigenvalue weighted by molar-refractivity contribution is -0.137. The van der Waals surface area contributed by atoms with Crippen molar-refractivity contribution in [3.63, 3.8) is 0 Å². The molecular weight excluding hydrogens is 728 g/mol. The van der Waals surface area contributed by atoms with Crippen molar-refractivity contribution in [2.45, 2.75) is 87.8 Å². The van der Waals surface area contributed by atoms with Crippen LogP contribution in [0.2, 0.25) is 0 Å². The summed E-state index contributed by atoms with van der Waals surface area (Å²) in [6, 6.07) is 10.7. The summed E-state index contributed by atoms with van der Waals surface area (Å²) < 4.78 is 78.2. The molecule has 4 atom stereocenters. The Morgan fingerprint density at radius 3 is 2.46 bits per heavy atom. The van der Waals surface area contributed by atoms with E-state index in [-0.39, 0.29) is 54.4 Å². The monoisotopic (exact) mass is 767 g/mol. The molecule has 1 aliphatic heterocycles. The summed E-state index contributed by atoms with van der Waals surface area (Å²) in [5, 5.41) is 0.227. The molecule has 54 heavy (non-hydrogen) atoms. The van der Waals surface area contributed by atoms with Crippen molar-refractivity contribution in [2.75, 3.05) is 6.54 Å². The highest BCUT2D eigenvalue weighted by Gasteiger charge is 2.45. The fourth-order valence-electron chi connectivity index (χ4n) is 6.88. The van der Waals surface area contributed by atoms with E-state index >= 15 is 0 Å². The predicted octanol–water partition coefficient (Wildman–Crippen LogP) is 6.04. The summed E-state index contributed by atoms with van der Waals surface area (Å²) in [5.41, 5.74) is 6.36. The Labute approximate surface area is 309 Å². The average Bonchev–Trinajstić information content (AvgIpc) is 4.06. The van der Waals surface area contributed by atoms with Crippen LogP contribution < -0.4 is 15.2 Å². The van der Waals surface area contributed by atoms with Crippen LogP contribution in [0.25, 0.3) is 33.5 Å². The molecule has 12 nitrogen and oxygen atoms in total. The van der Waals surface area contributed by atoms with Crippen molar-refractivity contribution in [3.8, 4) is 17.3 Å². The fraction of sp³-hybridized carbons (Fsp3) is 0.447. The molecule has 3 aliphatic rings. The maximum absolute atomic E-state index is 13.3. The van der Waals surface area contributed by atoms with Crippen LogP contribution in [-0.2, 0) is 30.6 Å². The lowest BCUT2D eigenvalue weighted by Gasteiger charge is -2.21. The number of likely N-dealkylation sites (tertiary alicyclic amines) is 1. The van der Waals surface area contributed by atoms with E-state index in [4.69, 9.17) is 14.9 Å². The Morgan fingerprint density at radius 2 is 1.74 bits per heavy atom. The first-order valence-electron chi connectivity index (χ1n) is 18.1. The third-order valence-corrected chi connectivity index (χ3v) is 12.0. The van der Waals surface area contributed by atoms with Crippen molar-refractivity contribution in [1.82, 2.24) is 19.6 Å². The molecule has 1 saturated heterocycles. The second-order valence-corrected chi connectivity index (χ2v) is 16.2. The summed E-state index contributed by atoms with van der Waals surface area (Å²) in [5.74, 6) is -1.39. The number of amides is 3. The number of alkyl halides is 3. The van der Waals surface area contributed by atoms with E-state index in [1.165, 1.54) is 17.0 Å². The number of fused-ring (bicyclic) bond motifs is 3. The molecule has 0 unspecified atom stereocenters. The molecular formula is C38H40F3N5O7S. The van der Waals surface area contributed by atoms with Gasteiger partial charge in [-0.1, -0.05) is 49.3 Å². The molecule has 3 N–H and O–H groups in total. The third-order valence-electron chi connectivity index (χ3n) is 10.1. The predicted molar refractivity (Wildman–Crippen MR) is 192 cm³/mol. The minimum absolute atomic E-state index is 0.0321. The van der Waals surface area contributed by atoms with Gasteiger partial charge in [0, 0.05) is 29.7 Å². The van der Waals surface area contributed by atoms with Gasteiger partial charge in [-0.15, -0.1) is 0 Å². The highest BCUT2D eigenvalue weighted by molar-refractivity contribution is 7.90. The van der Waals surface area contributed by atoms with Crippen molar-refractivity contribution in [3.05, 3.63) is 66.2 Å². The van der Waals surface area contributed by atoms with Crippen molar-refractivity contribution in [1.29, 1.82) is 0 Å². The van der Waals surface area contributed by atoms with Gasteiger partial charge in [-0.25, -0.2) is 13.4 Å². The Kier molecular flexibility index (Phi) is 10.4. The first-order valence-corrected chi connectivity index (χ1v) is 19.7. The van der Waals surface area contributed by atoms with Gasteiger partial charge in [-0.05, 0) is 68.7 Å². The fourth-order valence-corrected chi connectivity index (χ4v) is 8.24. The molecule has 3 amide bonds. The minimum Gasteiger partial charge on any atom is -0.470 e. The number of carbonyl (C=O) groups excluding carboxylic acids is 3. The number of nitrogens with one attached hydrogen (secondary N) is 1. The molecule has 0 bridgehead atoms. The molecule has 2 aromatic carbocycles. The van der Waals surface area contributed by atoms with Gasteiger partial charge in [-0.2, -0.15) is 18.2 Å². The number of furan rings is 1. The van der Waals surface area contributed by atoms with E-state index in [9.17, 15) is 36.0 Å². The van der Waals surface area contributed by atoms with Gasteiger partial charge in [-0.3, -0.25) is 19.1 Å². The number of hydrogen-bond acceptors (Lipinski definition) is 9. The zero-order chi connectivity index (χ0) is 38.2. The van der Waals surface area contributed by atoms with E-state index in [0.29, 0.717) is 47.7 Å². The number of rotatable bonds is 15. The van der Waals surface area contributed by atoms with E-state index in [0.717, 1.165) is 37.8 Å². The standard InChI is InChI=1S/C38H40F3N5O7S/c39-38(40,41)24-15-13-22(14-16-24)35-43-32-27-10-7-8-11-30(27)53-33(32)37(44-35)52-25-20-29(34(42)48)46(21-25)31(47)12-6-4-2-1-3-5-9-23-19-28(23)36(49)45-54(50,51)26-17-18-26/h5,7-11,13-16,23,25-26,28-29H,1-4,6,12,17-21H2,(H2,42,48)(H,45,49)/t23-,25-,28+,29+/m1/s1. The van der Waals surface area contributed by atoms with Crippen molar-refractivity contribution >= 4 is 49.8 Å². The van der Waals surface area contributed by atoms with Crippen molar-refractivity contribution in [2.24, 2.45) is 17.6 Å². The maximum Gasteiger partial charge on any atom is 0.416 e.